The first-order chi connectivity index (χ1) is 12.2. The fourth-order valence-corrected chi connectivity index (χ4v) is 3.53. The molecule has 0 saturated carbocycles. The third-order valence-electron chi connectivity index (χ3n) is 3.96. The van der Waals surface area contributed by atoms with Crippen LogP contribution in [0.5, 0.6) is 0 Å². The number of fused-ring (bicyclic) bond motifs is 2. The van der Waals surface area contributed by atoms with Crippen molar-refractivity contribution in [2.75, 3.05) is 17.6 Å². The van der Waals surface area contributed by atoms with Crippen molar-refractivity contribution in [3.8, 4) is 0 Å². The van der Waals surface area contributed by atoms with Crippen LogP contribution in [0.3, 0.4) is 0 Å². The highest BCUT2D eigenvalue weighted by molar-refractivity contribution is 8.00. The van der Waals surface area contributed by atoms with Gasteiger partial charge < -0.3 is 15.0 Å². The molecule has 0 radical (unpaired) electrons. The molecule has 0 unspecified atom stereocenters. The Morgan fingerprint density at radius 3 is 3.12 bits per heavy atom. The van der Waals surface area contributed by atoms with Gasteiger partial charge in [-0.15, -0.1) is 11.8 Å². The number of hydrogen-bond donors (Lipinski definition) is 2. The maximum absolute atomic E-state index is 12.3. The van der Waals surface area contributed by atoms with E-state index in [0.717, 1.165) is 16.2 Å². The van der Waals surface area contributed by atoms with Gasteiger partial charge in [0.1, 0.15) is 5.65 Å². The zero-order valence-corrected chi connectivity index (χ0v) is 14.2. The summed E-state index contributed by atoms with van der Waals surface area (Å²) < 4.78 is 1.96. The summed E-state index contributed by atoms with van der Waals surface area (Å²) in [6.07, 6.45) is 4.57. The Balaban J connectivity index is 1.39. The van der Waals surface area contributed by atoms with Crippen LogP contribution in [0.4, 0.5) is 5.69 Å². The lowest BCUT2D eigenvalue weighted by Gasteiger charge is -2.16. The molecule has 126 valence electrons. The van der Waals surface area contributed by atoms with Gasteiger partial charge in [0.15, 0.2) is 0 Å². The fourth-order valence-electron chi connectivity index (χ4n) is 2.74. The highest BCUT2D eigenvalue weighted by Crippen LogP contribution is 2.31. The summed E-state index contributed by atoms with van der Waals surface area (Å²) >= 11 is 1.48. The van der Waals surface area contributed by atoms with Crippen molar-refractivity contribution in [2.24, 2.45) is 0 Å². The molecule has 3 heterocycles. The van der Waals surface area contributed by atoms with Crippen LogP contribution in [0.25, 0.3) is 5.65 Å². The van der Waals surface area contributed by atoms with Gasteiger partial charge in [-0.05, 0) is 30.3 Å². The number of benzene rings is 1. The first kappa shape index (κ1) is 15.7. The fraction of sp³-hybridized carbons (Fsp3) is 0.167. The van der Waals surface area contributed by atoms with Crippen molar-refractivity contribution in [3.05, 3.63) is 60.0 Å². The number of imidazole rings is 1. The largest absolute Gasteiger partial charge is 0.352 e. The molecule has 0 bridgehead atoms. The number of carbonyl (C=O) groups is 2. The van der Waals surface area contributed by atoms with Crippen molar-refractivity contribution in [2.45, 2.75) is 11.3 Å². The topological polar surface area (TPSA) is 75.5 Å². The zero-order chi connectivity index (χ0) is 17.2. The lowest BCUT2D eigenvalue weighted by Crippen LogP contribution is -2.26. The second kappa shape index (κ2) is 6.60. The van der Waals surface area contributed by atoms with Crippen LogP contribution in [0, 0.1) is 0 Å². The van der Waals surface area contributed by atoms with E-state index in [-0.39, 0.29) is 11.8 Å². The van der Waals surface area contributed by atoms with E-state index >= 15 is 0 Å². The van der Waals surface area contributed by atoms with E-state index in [1.54, 1.807) is 12.1 Å². The molecule has 25 heavy (non-hydrogen) atoms. The number of amides is 2. The van der Waals surface area contributed by atoms with E-state index in [2.05, 4.69) is 15.6 Å². The molecule has 0 atom stereocenters. The third-order valence-corrected chi connectivity index (χ3v) is 5.03. The predicted molar refractivity (Wildman–Crippen MR) is 97.0 cm³/mol. The maximum Gasteiger partial charge on any atom is 0.251 e. The summed E-state index contributed by atoms with van der Waals surface area (Å²) in [5.74, 6) is 0.218. The average molecular weight is 352 g/mol. The van der Waals surface area contributed by atoms with Crippen molar-refractivity contribution in [1.29, 1.82) is 0 Å². The second-order valence-electron chi connectivity index (χ2n) is 5.75. The van der Waals surface area contributed by atoms with Crippen molar-refractivity contribution < 1.29 is 9.59 Å². The molecule has 1 aliphatic rings. The Labute approximate surface area is 148 Å². The van der Waals surface area contributed by atoms with Gasteiger partial charge in [-0.2, -0.15) is 0 Å². The molecule has 3 aromatic rings. The average Bonchev–Trinajstić information content (AvgIpc) is 3.03. The minimum atomic E-state index is -0.156. The number of nitrogens with one attached hydrogen (secondary N) is 2. The van der Waals surface area contributed by atoms with Gasteiger partial charge in [-0.1, -0.05) is 6.07 Å². The number of thioether (sulfide) groups is 1. The summed E-state index contributed by atoms with van der Waals surface area (Å²) in [5.41, 5.74) is 3.07. The molecular formula is C18H16N4O2S. The van der Waals surface area contributed by atoms with Gasteiger partial charge in [0, 0.05) is 35.8 Å². The summed E-state index contributed by atoms with van der Waals surface area (Å²) in [6, 6.07) is 11.2. The van der Waals surface area contributed by atoms with Crippen LogP contribution in [0.1, 0.15) is 16.1 Å². The molecule has 6 nitrogen and oxygen atoms in total. The van der Waals surface area contributed by atoms with Crippen LogP contribution in [0.2, 0.25) is 0 Å². The van der Waals surface area contributed by atoms with Crippen LogP contribution in [-0.2, 0) is 11.2 Å². The lowest BCUT2D eigenvalue weighted by atomic mass is 10.1. The van der Waals surface area contributed by atoms with Gasteiger partial charge in [0.25, 0.3) is 5.91 Å². The molecule has 0 saturated heterocycles. The number of carbonyl (C=O) groups excluding carboxylic acids is 2. The molecule has 0 spiro atoms. The van der Waals surface area contributed by atoms with Gasteiger partial charge in [0.05, 0.1) is 17.1 Å². The molecule has 2 N–H and O–H groups in total. The SMILES string of the molecule is O=C1CSc2ccc(C(=O)NCCc3cn4ccccc4n3)cc2N1. The number of anilines is 1. The predicted octanol–water partition coefficient (Wildman–Crippen LogP) is 2.35. The lowest BCUT2D eigenvalue weighted by molar-refractivity contribution is -0.113. The molecule has 0 fully saturated rings. The highest BCUT2D eigenvalue weighted by atomic mass is 32.2. The number of hydrogen-bond acceptors (Lipinski definition) is 4. The van der Waals surface area contributed by atoms with E-state index < -0.39 is 0 Å². The molecule has 4 rings (SSSR count). The van der Waals surface area contributed by atoms with Crippen molar-refractivity contribution in [1.82, 2.24) is 14.7 Å². The Hall–Kier alpha value is -2.80. The number of aromatic nitrogens is 2. The molecule has 0 aliphatic carbocycles. The van der Waals surface area contributed by atoms with Gasteiger partial charge >= 0.3 is 0 Å². The quantitative estimate of drug-likeness (QED) is 0.756. The molecule has 7 heteroatoms. The number of nitrogens with zero attached hydrogens (tertiary/aromatic N) is 2. The van der Waals surface area contributed by atoms with E-state index in [0.29, 0.717) is 30.0 Å². The molecule has 2 aromatic heterocycles. The van der Waals surface area contributed by atoms with Crippen molar-refractivity contribution in [3.63, 3.8) is 0 Å². The monoisotopic (exact) mass is 352 g/mol. The summed E-state index contributed by atoms with van der Waals surface area (Å²) in [4.78, 5) is 29.3. The molecular weight excluding hydrogens is 336 g/mol. The standard InChI is InChI=1S/C18H16N4O2S/c23-17-11-25-15-5-4-12(9-14(15)21-17)18(24)19-7-6-13-10-22-8-2-1-3-16(22)20-13/h1-5,8-10H,6-7,11H2,(H,19,24)(H,21,23). The van der Waals surface area contributed by atoms with E-state index in [4.69, 9.17) is 0 Å². The van der Waals surface area contributed by atoms with Crippen LogP contribution in [-0.4, -0.2) is 33.5 Å². The van der Waals surface area contributed by atoms with Crippen LogP contribution in [0.15, 0.2) is 53.7 Å². The zero-order valence-electron chi connectivity index (χ0n) is 13.4. The summed E-state index contributed by atoms with van der Waals surface area (Å²) in [5, 5.41) is 5.70. The minimum Gasteiger partial charge on any atom is -0.352 e. The third kappa shape index (κ3) is 3.36. The Kier molecular flexibility index (Phi) is 4.15. The molecule has 2 amide bonds. The van der Waals surface area contributed by atoms with Crippen LogP contribution < -0.4 is 10.6 Å². The second-order valence-corrected chi connectivity index (χ2v) is 6.77. The highest BCUT2D eigenvalue weighted by Gasteiger charge is 2.17. The van der Waals surface area contributed by atoms with Crippen molar-refractivity contribution >= 4 is 34.9 Å². The maximum atomic E-state index is 12.3. The summed E-state index contributed by atoms with van der Waals surface area (Å²) in [7, 11) is 0. The minimum absolute atomic E-state index is 0.0399. The Morgan fingerprint density at radius 1 is 1.32 bits per heavy atom. The van der Waals surface area contributed by atoms with Gasteiger partial charge in [0.2, 0.25) is 5.91 Å². The van der Waals surface area contributed by atoms with Gasteiger partial charge in [-0.3, -0.25) is 9.59 Å². The number of pyridine rings is 1. The summed E-state index contributed by atoms with van der Waals surface area (Å²) in [6.45, 7) is 0.501. The van der Waals surface area contributed by atoms with E-state index in [1.165, 1.54) is 11.8 Å². The number of rotatable bonds is 4. The van der Waals surface area contributed by atoms with Crippen LogP contribution >= 0.6 is 11.8 Å². The Bertz CT molecular complexity index is 934. The Morgan fingerprint density at radius 2 is 2.24 bits per heavy atom. The smallest absolute Gasteiger partial charge is 0.251 e. The van der Waals surface area contributed by atoms with Gasteiger partial charge in [-0.25, -0.2) is 4.98 Å². The molecule has 1 aliphatic heterocycles. The van der Waals surface area contributed by atoms with E-state index in [1.807, 2.05) is 41.1 Å². The first-order valence-electron chi connectivity index (χ1n) is 7.96. The first-order valence-corrected chi connectivity index (χ1v) is 8.95. The molecule has 1 aromatic carbocycles. The normalized spacial score (nSPS) is 13.4. The van der Waals surface area contributed by atoms with E-state index in [9.17, 15) is 9.59 Å².